The Labute approximate surface area is 124 Å². The zero-order chi connectivity index (χ0) is 15.5. The topological polar surface area (TPSA) is 20.2 Å². The summed E-state index contributed by atoms with van der Waals surface area (Å²) in [5.41, 5.74) is 1.94. The van der Waals surface area contributed by atoms with Gasteiger partial charge in [-0.15, -0.1) is 0 Å². The van der Waals surface area contributed by atoms with Crippen LogP contribution in [-0.2, 0) is 6.42 Å². The minimum absolute atomic E-state index is 0.0430. The number of aliphatic hydroxyl groups excluding tert-OH is 1. The van der Waals surface area contributed by atoms with Gasteiger partial charge in [-0.05, 0) is 42.7 Å². The summed E-state index contributed by atoms with van der Waals surface area (Å²) in [5, 5.41) is 10.4. The molecule has 4 heteroatoms. The molecule has 1 fully saturated rings. The second-order valence-corrected chi connectivity index (χ2v) is 6.10. The van der Waals surface area contributed by atoms with Gasteiger partial charge in [0.25, 0.3) is 0 Å². The molecule has 1 aromatic rings. The zero-order valence-corrected chi connectivity index (χ0v) is 12.4. The molecule has 0 amide bonds. The van der Waals surface area contributed by atoms with Crippen LogP contribution in [0.1, 0.15) is 56.3 Å². The molecule has 0 heterocycles. The van der Waals surface area contributed by atoms with Crippen LogP contribution < -0.4 is 0 Å². The molecule has 0 saturated heterocycles. The normalized spacial score (nSPS) is 24.8. The van der Waals surface area contributed by atoms with Gasteiger partial charge >= 0.3 is 6.18 Å². The predicted octanol–water partition coefficient (Wildman–Crippen LogP) is 5.04. The molecule has 2 rings (SSSR count). The van der Waals surface area contributed by atoms with Crippen LogP contribution >= 0.6 is 0 Å². The summed E-state index contributed by atoms with van der Waals surface area (Å²) < 4.78 is 38.5. The van der Waals surface area contributed by atoms with Gasteiger partial charge in [0, 0.05) is 0 Å². The zero-order valence-electron chi connectivity index (χ0n) is 12.4. The fourth-order valence-electron chi connectivity index (χ4n) is 3.25. The van der Waals surface area contributed by atoms with Gasteiger partial charge in [0.2, 0.25) is 0 Å². The van der Waals surface area contributed by atoms with Crippen molar-refractivity contribution in [2.45, 2.75) is 57.7 Å². The third-order valence-electron chi connectivity index (χ3n) is 4.48. The highest BCUT2D eigenvalue weighted by atomic mass is 19.4. The Hall–Kier alpha value is -1.03. The van der Waals surface area contributed by atoms with Crippen LogP contribution in [0.15, 0.2) is 24.3 Å². The highest BCUT2D eigenvalue weighted by Gasteiger charge is 2.43. The van der Waals surface area contributed by atoms with E-state index in [1.807, 2.05) is 24.3 Å². The maximum atomic E-state index is 12.8. The Kier molecular flexibility index (Phi) is 5.31. The van der Waals surface area contributed by atoms with Gasteiger partial charge in [-0.2, -0.15) is 13.2 Å². The van der Waals surface area contributed by atoms with Crippen molar-refractivity contribution in [3.8, 4) is 0 Å². The van der Waals surface area contributed by atoms with Crippen LogP contribution in [0.25, 0.3) is 0 Å². The van der Waals surface area contributed by atoms with Crippen molar-refractivity contribution in [3.63, 3.8) is 0 Å². The largest absolute Gasteiger partial charge is 0.391 e. The number of hydrogen-bond donors (Lipinski definition) is 1. The minimum atomic E-state index is -4.14. The standard InChI is InChI=1S/C17H23F3O/c1-2-4-12-7-9-13(10-8-12)16(21)14-5-3-6-15(11-14)17(18,19)20/h7-10,14-16,21H,2-6,11H2,1H3. The average Bonchev–Trinajstić information content (AvgIpc) is 2.47. The first kappa shape index (κ1) is 16.3. The quantitative estimate of drug-likeness (QED) is 0.825. The molecule has 0 aliphatic heterocycles. The van der Waals surface area contributed by atoms with Gasteiger partial charge in [0.05, 0.1) is 12.0 Å². The van der Waals surface area contributed by atoms with Crippen molar-refractivity contribution in [2.24, 2.45) is 11.8 Å². The summed E-state index contributed by atoms with van der Waals surface area (Å²) in [4.78, 5) is 0. The molecule has 0 radical (unpaired) electrons. The summed E-state index contributed by atoms with van der Waals surface area (Å²) in [6.07, 6.45) is -1.43. The van der Waals surface area contributed by atoms with Crippen LogP contribution in [0.3, 0.4) is 0 Å². The van der Waals surface area contributed by atoms with E-state index in [1.165, 1.54) is 5.56 Å². The number of halogens is 3. The van der Waals surface area contributed by atoms with Crippen molar-refractivity contribution in [3.05, 3.63) is 35.4 Å². The van der Waals surface area contributed by atoms with Gasteiger partial charge < -0.3 is 5.11 Å². The predicted molar refractivity (Wildman–Crippen MR) is 76.9 cm³/mol. The van der Waals surface area contributed by atoms with Gasteiger partial charge in [0.1, 0.15) is 0 Å². The molecule has 0 aromatic heterocycles. The van der Waals surface area contributed by atoms with E-state index < -0.39 is 18.2 Å². The minimum Gasteiger partial charge on any atom is -0.388 e. The highest BCUT2D eigenvalue weighted by molar-refractivity contribution is 5.24. The Morgan fingerprint density at radius 3 is 2.43 bits per heavy atom. The van der Waals surface area contributed by atoms with Crippen molar-refractivity contribution in [1.29, 1.82) is 0 Å². The van der Waals surface area contributed by atoms with E-state index in [1.54, 1.807) is 0 Å². The maximum absolute atomic E-state index is 12.8. The summed E-state index contributed by atoms with van der Waals surface area (Å²) in [7, 11) is 0. The second kappa shape index (κ2) is 6.82. The molecule has 1 aromatic carbocycles. The molecule has 1 aliphatic rings. The third-order valence-corrected chi connectivity index (χ3v) is 4.48. The second-order valence-electron chi connectivity index (χ2n) is 6.10. The first-order valence-electron chi connectivity index (χ1n) is 7.75. The van der Waals surface area contributed by atoms with E-state index in [0.29, 0.717) is 12.8 Å². The van der Waals surface area contributed by atoms with E-state index in [9.17, 15) is 18.3 Å². The van der Waals surface area contributed by atoms with E-state index >= 15 is 0 Å². The van der Waals surface area contributed by atoms with Crippen LogP contribution in [0.2, 0.25) is 0 Å². The molecule has 21 heavy (non-hydrogen) atoms. The van der Waals surface area contributed by atoms with Crippen molar-refractivity contribution in [1.82, 2.24) is 0 Å². The van der Waals surface area contributed by atoms with Crippen LogP contribution in [0.4, 0.5) is 13.2 Å². The first-order chi connectivity index (χ1) is 9.91. The molecule has 0 spiro atoms. The number of aryl methyl sites for hydroxylation is 1. The number of rotatable bonds is 4. The molecule has 118 valence electrons. The third kappa shape index (κ3) is 4.22. The molecular weight excluding hydrogens is 277 g/mol. The summed E-state index contributed by atoms with van der Waals surface area (Å²) in [6, 6.07) is 7.64. The highest BCUT2D eigenvalue weighted by Crippen LogP contribution is 2.43. The van der Waals surface area contributed by atoms with Crippen LogP contribution in [0.5, 0.6) is 0 Å². The lowest BCUT2D eigenvalue weighted by atomic mass is 9.77. The summed E-state index contributed by atoms with van der Waals surface area (Å²) in [5.74, 6) is -1.55. The van der Waals surface area contributed by atoms with Crippen LogP contribution in [0, 0.1) is 11.8 Å². The summed E-state index contributed by atoms with van der Waals surface area (Å²) in [6.45, 7) is 2.10. The average molecular weight is 300 g/mol. The number of benzene rings is 1. The monoisotopic (exact) mass is 300 g/mol. The molecule has 3 unspecified atom stereocenters. The van der Waals surface area contributed by atoms with Crippen molar-refractivity contribution < 1.29 is 18.3 Å². The molecule has 1 aliphatic carbocycles. The number of hydrogen-bond acceptors (Lipinski definition) is 1. The lowest BCUT2D eigenvalue weighted by Gasteiger charge is -2.33. The Morgan fingerprint density at radius 2 is 1.86 bits per heavy atom. The van der Waals surface area contributed by atoms with Gasteiger partial charge in [0.15, 0.2) is 0 Å². The van der Waals surface area contributed by atoms with Crippen molar-refractivity contribution in [2.75, 3.05) is 0 Å². The Balaban J connectivity index is 2.03. The van der Waals surface area contributed by atoms with E-state index in [4.69, 9.17) is 0 Å². The first-order valence-corrected chi connectivity index (χ1v) is 7.75. The van der Waals surface area contributed by atoms with Gasteiger partial charge in [-0.1, -0.05) is 44.0 Å². The fraction of sp³-hybridized carbons (Fsp3) is 0.647. The van der Waals surface area contributed by atoms with E-state index in [-0.39, 0.29) is 18.8 Å². The Morgan fingerprint density at radius 1 is 1.19 bits per heavy atom. The Bertz CT molecular complexity index is 438. The van der Waals surface area contributed by atoms with E-state index in [0.717, 1.165) is 18.4 Å². The molecule has 1 nitrogen and oxygen atoms in total. The molecule has 1 saturated carbocycles. The molecule has 3 atom stereocenters. The van der Waals surface area contributed by atoms with Crippen LogP contribution in [-0.4, -0.2) is 11.3 Å². The molecule has 1 N–H and O–H groups in total. The number of aliphatic hydroxyl groups is 1. The molecular formula is C17H23F3O. The fourth-order valence-corrected chi connectivity index (χ4v) is 3.25. The smallest absolute Gasteiger partial charge is 0.388 e. The SMILES string of the molecule is CCCc1ccc(C(O)C2CCCC(C(F)(F)F)C2)cc1. The lowest BCUT2D eigenvalue weighted by molar-refractivity contribution is -0.189. The van der Waals surface area contributed by atoms with E-state index in [2.05, 4.69) is 6.92 Å². The lowest BCUT2D eigenvalue weighted by Crippen LogP contribution is -2.31. The van der Waals surface area contributed by atoms with Crippen molar-refractivity contribution >= 4 is 0 Å². The number of alkyl halides is 3. The summed E-state index contributed by atoms with van der Waals surface area (Å²) >= 11 is 0. The van der Waals surface area contributed by atoms with Gasteiger partial charge in [-0.3, -0.25) is 0 Å². The maximum Gasteiger partial charge on any atom is 0.391 e. The van der Waals surface area contributed by atoms with Gasteiger partial charge in [-0.25, -0.2) is 0 Å². The molecule has 0 bridgehead atoms.